The molecular weight excluding hydrogens is 313 g/mol. The topological polar surface area (TPSA) is 80.3 Å². The van der Waals surface area contributed by atoms with Gasteiger partial charge in [-0.05, 0) is 37.6 Å². The summed E-state index contributed by atoms with van der Waals surface area (Å²) in [5.74, 6) is -1.14. The van der Waals surface area contributed by atoms with Gasteiger partial charge in [0.25, 0.3) is 11.8 Å². The minimum atomic E-state index is -0.593. The van der Waals surface area contributed by atoms with E-state index in [0.29, 0.717) is 36.4 Å². The zero-order valence-corrected chi connectivity index (χ0v) is 13.1. The fourth-order valence-electron chi connectivity index (χ4n) is 2.59. The Morgan fingerprint density at radius 2 is 2.25 bits per heavy atom. The maximum Gasteiger partial charge on any atom is 0.278 e. The van der Waals surface area contributed by atoms with E-state index >= 15 is 0 Å². The second kappa shape index (κ2) is 6.66. The molecule has 0 aliphatic carbocycles. The molecular formula is C17H16FN3O3. The number of carbonyl (C=O) groups is 2. The first-order chi connectivity index (χ1) is 11.6. The number of carbonyl (C=O) groups excluding carboxylic acids is 2. The van der Waals surface area contributed by atoms with E-state index < -0.39 is 11.7 Å². The summed E-state index contributed by atoms with van der Waals surface area (Å²) < 4.78 is 20.0. The van der Waals surface area contributed by atoms with Crippen LogP contribution in [0.3, 0.4) is 0 Å². The van der Waals surface area contributed by atoms with Gasteiger partial charge in [-0.2, -0.15) is 0 Å². The molecule has 2 amide bonds. The molecule has 0 unspecified atom stereocenters. The number of nitrogens with zero attached hydrogens (tertiary/aromatic N) is 1. The van der Waals surface area contributed by atoms with Gasteiger partial charge in [0.2, 0.25) is 0 Å². The lowest BCUT2D eigenvalue weighted by Crippen LogP contribution is -2.32. The maximum atomic E-state index is 14.6. The molecule has 0 bridgehead atoms. The quantitative estimate of drug-likeness (QED) is 0.901. The zero-order chi connectivity index (χ0) is 17.1. The Morgan fingerprint density at radius 1 is 1.42 bits per heavy atom. The van der Waals surface area contributed by atoms with Crippen LogP contribution in [0.25, 0.3) is 0 Å². The van der Waals surface area contributed by atoms with Gasteiger partial charge < -0.3 is 15.4 Å². The number of rotatable bonds is 4. The van der Waals surface area contributed by atoms with Crippen molar-refractivity contribution in [3.05, 3.63) is 53.1 Å². The van der Waals surface area contributed by atoms with Crippen molar-refractivity contribution in [1.29, 1.82) is 0 Å². The highest BCUT2D eigenvalue weighted by atomic mass is 19.1. The Bertz CT molecular complexity index is 808. The number of hydrogen-bond donors (Lipinski definition) is 2. The van der Waals surface area contributed by atoms with E-state index in [2.05, 4.69) is 15.6 Å². The molecule has 7 heteroatoms. The van der Waals surface area contributed by atoms with Crippen LogP contribution in [-0.4, -0.2) is 29.9 Å². The van der Waals surface area contributed by atoms with Crippen molar-refractivity contribution in [3.63, 3.8) is 0 Å². The van der Waals surface area contributed by atoms with Crippen molar-refractivity contribution in [3.8, 4) is 5.75 Å². The van der Waals surface area contributed by atoms with Gasteiger partial charge >= 0.3 is 0 Å². The summed E-state index contributed by atoms with van der Waals surface area (Å²) in [5, 5.41) is 5.16. The average molecular weight is 329 g/mol. The number of hydrogen-bond acceptors (Lipinski definition) is 4. The summed E-state index contributed by atoms with van der Waals surface area (Å²) in [6.45, 7) is 2.55. The SMILES string of the molecule is CCOc1cccnc1C(=O)Nc1ccc2c(c1F)CCNC2=O. The van der Waals surface area contributed by atoms with Crippen LogP contribution in [0.4, 0.5) is 10.1 Å². The molecule has 24 heavy (non-hydrogen) atoms. The Morgan fingerprint density at radius 3 is 3.04 bits per heavy atom. The first kappa shape index (κ1) is 15.9. The van der Waals surface area contributed by atoms with Gasteiger partial charge in [0.05, 0.1) is 12.3 Å². The summed E-state index contributed by atoms with van der Waals surface area (Å²) in [6, 6.07) is 6.16. The van der Waals surface area contributed by atoms with Crippen LogP contribution in [0.5, 0.6) is 5.75 Å². The Kier molecular flexibility index (Phi) is 4.41. The van der Waals surface area contributed by atoms with Crippen LogP contribution in [0.15, 0.2) is 30.5 Å². The van der Waals surface area contributed by atoms with E-state index in [1.807, 2.05) is 0 Å². The molecule has 0 radical (unpaired) electrons. The van der Waals surface area contributed by atoms with Gasteiger partial charge in [-0.3, -0.25) is 9.59 Å². The van der Waals surface area contributed by atoms with Crippen molar-refractivity contribution >= 4 is 17.5 Å². The number of halogens is 1. The number of fused-ring (bicyclic) bond motifs is 1. The van der Waals surface area contributed by atoms with Crippen molar-refractivity contribution in [2.45, 2.75) is 13.3 Å². The number of pyridine rings is 1. The zero-order valence-electron chi connectivity index (χ0n) is 13.1. The molecule has 0 spiro atoms. The standard InChI is InChI=1S/C17H16FN3O3/c1-2-24-13-4-3-8-19-15(13)17(23)21-12-6-5-11-10(14(12)18)7-9-20-16(11)22/h3-6,8H,2,7,9H2,1H3,(H,20,22)(H,21,23). The van der Waals surface area contributed by atoms with Crippen molar-refractivity contribution in [2.24, 2.45) is 0 Å². The fourth-order valence-corrected chi connectivity index (χ4v) is 2.59. The normalized spacial score (nSPS) is 13.0. The van der Waals surface area contributed by atoms with Crippen LogP contribution in [-0.2, 0) is 6.42 Å². The summed E-state index contributed by atoms with van der Waals surface area (Å²) in [6.07, 6.45) is 1.84. The number of anilines is 1. The lowest BCUT2D eigenvalue weighted by molar-refractivity contribution is 0.0944. The van der Waals surface area contributed by atoms with Crippen LogP contribution >= 0.6 is 0 Å². The molecule has 2 heterocycles. The molecule has 6 nitrogen and oxygen atoms in total. The molecule has 0 fully saturated rings. The van der Waals surface area contributed by atoms with E-state index in [4.69, 9.17) is 4.74 Å². The molecule has 3 rings (SSSR count). The third-order valence-electron chi connectivity index (χ3n) is 3.68. The predicted molar refractivity (Wildman–Crippen MR) is 85.8 cm³/mol. The van der Waals surface area contributed by atoms with Crippen LogP contribution in [0.1, 0.15) is 33.3 Å². The van der Waals surface area contributed by atoms with Crippen LogP contribution in [0, 0.1) is 5.82 Å². The molecule has 1 aliphatic rings. The Balaban J connectivity index is 1.89. The van der Waals surface area contributed by atoms with Crippen molar-refractivity contribution in [2.75, 3.05) is 18.5 Å². The molecule has 0 saturated heterocycles. The van der Waals surface area contributed by atoms with Gasteiger partial charge in [0.1, 0.15) is 0 Å². The first-order valence-electron chi connectivity index (χ1n) is 7.60. The number of nitrogens with one attached hydrogen (secondary N) is 2. The summed E-state index contributed by atoms with van der Waals surface area (Å²) in [4.78, 5) is 28.1. The van der Waals surface area contributed by atoms with Crippen LogP contribution in [0.2, 0.25) is 0 Å². The second-order valence-electron chi connectivity index (χ2n) is 5.20. The molecule has 1 aliphatic heterocycles. The molecule has 2 aromatic rings. The highest BCUT2D eigenvalue weighted by Crippen LogP contribution is 2.25. The van der Waals surface area contributed by atoms with E-state index in [9.17, 15) is 14.0 Å². The lowest BCUT2D eigenvalue weighted by Gasteiger charge is -2.19. The average Bonchev–Trinajstić information content (AvgIpc) is 2.59. The third-order valence-corrected chi connectivity index (χ3v) is 3.68. The minimum absolute atomic E-state index is 0.0153. The predicted octanol–water partition coefficient (Wildman–Crippen LogP) is 2.16. The molecule has 2 N–H and O–H groups in total. The third kappa shape index (κ3) is 2.92. The number of amides is 2. The van der Waals surface area contributed by atoms with Crippen molar-refractivity contribution < 1.29 is 18.7 Å². The van der Waals surface area contributed by atoms with Gasteiger partial charge in [-0.1, -0.05) is 0 Å². The van der Waals surface area contributed by atoms with Gasteiger partial charge in [0.15, 0.2) is 17.3 Å². The Labute approximate surface area is 138 Å². The first-order valence-corrected chi connectivity index (χ1v) is 7.60. The van der Waals surface area contributed by atoms with E-state index in [1.165, 1.54) is 18.3 Å². The fraction of sp³-hybridized carbons (Fsp3) is 0.235. The number of aromatic nitrogens is 1. The van der Waals surface area contributed by atoms with Crippen molar-refractivity contribution in [1.82, 2.24) is 10.3 Å². The Hall–Kier alpha value is -2.96. The summed E-state index contributed by atoms with van der Waals surface area (Å²) >= 11 is 0. The summed E-state index contributed by atoms with van der Waals surface area (Å²) in [5.41, 5.74) is 0.697. The molecule has 0 atom stereocenters. The lowest BCUT2D eigenvalue weighted by atomic mass is 9.99. The van der Waals surface area contributed by atoms with E-state index in [0.717, 1.165) is 0 Å². The van der Waals surface area contributed by atoms with Gasteiger partial charge in [-0.25, -0.2) is 9.37 Å². The highest BCUT2D eigenvalue weighted by Gasteiger charge is 2.23. The van der Waals surface area contributed by atoms with E-state index in [-0.39, 0.29) is 17.3 Å². The molecule has 0 saturated carbocycles. The number of ether oxygens (including phenoxy) is 1. The minimum Gasteiger partial charge on any atom is -0.491 e. The van der Waals surface area contributed by atoms with Crippen LogP contribution < -0.4 is 15.4 Å². The molecule has 124 valence electrons. The smallest absolute Gasteiger partial charge is 0.278 e. The van der Waals surface area contributed by atoms with E-state index in [1.54, 1.807) is 19.1 Å². The monoisotopic (exact) mass is 329 g/mol. The largest absolute Gasteiger partial charge is 0.491 e. The molecule has 1 aromatic carbocycles. The van der Waals surface area contributed by atoms with Gasteiger partial charge in [0, 0.05) is 23.9 Å². The highest BCUT2D eigenvalue weighted by molar-refractivity contribution is 6.05. The second-order valence-corrected chi connectivity index (χ2v) is 5.20. The number of benzene rings is 1. The van der Waals surface area contributed by atoms with Gasteiger partial charge in [-0.15, -0.1) is 0 Å². The molecule has 1 aromatic heterocycles. The maximum absolute atomic E-state index is 14.6. The summed E-state index contributed by atoms with van der Waals surface area (Å²) in [7, 11) is 0.